The molecule has 1 aromatic rings. The number of ether oxygens (including phenoxy) is 1. The largest absolute Gasteiger partial charge is 0.456 e. The molecule has 1 aromatic carbocycles. The standard InChI is InChI=1S/C12H14O4S/c1-2-5-12(13)16-10-8-17(14,15)11-7-4-3-6-9(10)11/h3-4,6-7,10H,2,5,8H2,1H3. The number of hydrogen-bond donors (Lipinski definition) is 0. The van der Waals surface area contributed by atoms with Crippen LogP contribution in [0.15, 0.2) is 29.2 Å². The predicted octanol–water partition coefficient (Wildman–Crippen LogP) is 1.86. The summed E-state index contributed by atoms with van der Waals surface area (Å²) in [6.45, 7) is 1.88. The first kappa shape index (κ1) is 12.1. The molecule has 1 heterocycles. The van der Waals surface area contributed by atoms with Crippen LogP contribution in [0.3, 0.4) is 0 Å². The summed E-state index contributed by atoms with van der Waals surface area (Å²) in [5.41, 5.74) is 0.594. The third-order valence-electron chi connectivity index (χ3n) is 2.70. The molecule has 0 spiro atoms. The zero-order chi connectivity index (χ0) is 12.5. The molecule has 1 aliphatic rings. The Hall–Kier alpha value is -1.36. The molecule has 0 bridgehead atoms. The molecule has 0 saturated carbocycles. The number of hydrogen-bond acceptors (Lipinski definition) is 4. The van der Waals surface area contributed by atoms with Gasteiger partial charge >= 0.3 is 5.97 Å². The molecule has 0 aliphatic carbocycles. The van der Waals surface area contributed by atoms with Crippen LogP contribution >= 0.6 is 0 Å². The second kappa shape index (κ2) is 4.49. The van der Waals surface area contributed by atoms with Crippen molar-refractivity contribution in [2.45, 2.75) is 30.8 Å². The Morgan fingerprint density at radius 1 is 1.41 bits per heavy atom. The molecule has 0 aromatic heterocycles. The first-order valence-corrected chi connectivity index (χ1v) is 7.21. The Morgan fingerprint density at radius 2 is 2.12 bits per heavy atom. The van der Waals surface area contributed by atoms with Crippen molar-refractivity contribution in [2.75, 3.05) is 5.75 Å². The van der Waals surface area contributed by atoms with Gasteiger partial charge in [-0.1, -0.05) is 25.1 Å². The van der Waals surface area contributed by atoms with Gasteiger partial charge in [0.25, 0.3) is 0 Å². The Kier molecular flexibility index (Phi) is 3.19. The highest BCUT2D eigenvalue weighted by molar-refractivity contribution is 7.91. The van der Waals surface area contributed by atoms with Crippen LogP contribution in [0.4, 0.5) is 0 Å². The maximum Gasteiger partial charge on any atom is 0.306 e. The first-order valence-electron chi connectivity index (χ1n) is 5.56. The van der Waals surface area contributed by atoms with Crippen LogP contribution in [-0.2, 0) is 19.4 Å². The summed E-state index contributed by atoms with van der Waals surface area (Å²) < 4.78 is 28.8. The van der Waals surface area contributed by atoms with Gasteiger partial charge in [0.15, 0.2) is 9.84 Å². The first-order chi connectivity index (χ1) is 8.04. The quantitative estimate of drug-likeness (QED) is 0.772. The van der Waals surface area contributed by atoms with Gasteiger partial charge in [0.2, 0.25) is 0 Å². The van der Waals surface area contributed by atoms with Gasteiger partial charge in [-0.05, 0) is 12.5 Å². The molecule has 1 unspecified atom stereocenters. The summed E-state index contributed by atoms with van der Waals surface area (Å²) in [6.07, 6.45) is 0.369. The molecular formula is C12H14O4S. The molecule has 17 heavy (non-hydrogen) atoms. The fraction of sp³-hybridized carbons (Fsp3) is 0.417. The van der Waals surface area contributed by atoms with Crippen molar-refractivity contribution in [3.63, 3.8) is 0 Å². The van der Waals surface area contributed by atoms with Gasteiger partial charge in [0.05, 0.1) is 10.6 Å². The molecule has 92 valence electrons. The number of fused-ring (bicyclic) bond motifs is 1. The minimum atomic E-state index is -3.29. The monoisotopic (exact) mass is 254 g/mol. The topological polar surface area (TPSA) is 60.4 Å². The summed E-state index contributed by atoms with van der Waals surface area (Å²) in [5.74, 6) is -0.480. The van der Waals surface area contributed by atoms with E-state index < -0.39 is 15.9 Å². The van der Waals surface area contributed by atoms with Crippen molar-refractivity contribution < 1.29 is 17.9 Å². The number of carbonyl (C=O) groups excluding carboxylic acids is 1. The van der Waals surface area contributed by atoms with Crippen LogP contribution in [0.1, 0.15) is 31.4 Å². The van der Waals surface area contributed by atoms with E-state index in [-0.39, 0.29) is 16.6 Å². The van der Waals surface area contributed by atoms with Crippen molar-refractivity contribution in [1.29, 1.82) is 0 Å². The second-order valence-corrected chi connectivity index (χ2v) is 6.05. The van der Waals surface area contributed by atoms with Gasteiger partial charge < -0.3 is 4.74 Å². The zero-order valence-corrected chi connectivity index (χ0v) is 10.4. The summed E-state index contributed by atoms with van der Waals surface area (Å²) in [6, 6.07) is 6.68. The van der Waals surface area contributed by atoms with Crippen LogP contribution in [0.25, 0.3) is 0 Å². The Bertz CT molecular complexity index is 533. The smallest absolute Gasteiger partial charge is 0.306 e. The van der Waals surface area contributed by atoms with Gasteiger partial charge in [0.1, 0.15) is 6.10 Å². The van der Waals surface area contributed by atoms with Gasteiger partial charge in [-0.3, -0.25) is 4.79 Å². The van der Waals surface area contributed by atoms with E-state index in [1.165, 1.54) is 0 Å². The number of esters is 1. The molecule has 0 N–H and O–H groups in total. The molecule has 4 nitrogen and oxygen atoms in total. The molecular weight excluding hydrogens is 240 g/mol. The zero-order valence-electron chi connectivity index (χ0n) is 9.55. The molecule has 0 saturated heterocycles. The molecule has 1 aliphatic heterocycles. The third kappa shape index (κ3) is 2.34. The number of sulfone groups is 1. The van der Waals surface area contributed by atoms with Gasteiger partial charge in [-0.15, -0.1) is 0 Å². The Labute approximate surface area is 101 Å². The lowest BCUT2D eigenvalue weighted by Crippen LogP contribution is -2.12. The molecule has 5 heteroatoms. The van der Waals surface area contributed by atoms with E-state index in [9.17, 15) is 13.2 Å². The van der Waals surface area contributed by atoms with Crippen LogP contribution in [0.5, 0.6) is 0 Å². The molecule has 1 atom stereocenters. The predicted molar refractivity (Wildman–Crippen MR) is 62.2 cm³/mol. The highest BCUT2D eigenvalue weighted by atomic mass is 32.2. The van der Waals surface area contributed by atoms with Crippen LogP contribution in [0.2, 0.25) is 0 Å². The lowest BCUT2D eigenvalue weighted by Gasteiger charge is -2.11. The van der Waals surface area contributed by atoms with Crippen LogP contribution in [-0.4, -0.2) is 20.1 Å². The molecule has 2 rings (SSSR count). The Morgan fingerprint density at radius 3 is 2.82 bits per heavy atom. The van der Waals surface area contributed by atoms with Crippen molar-refractivity contribution >= 4 is 15.8 Å². The minimum absolute atomic E-state index is 0.137. The van der Waals surface area contributed by atoms with E-state index in [0.29, 0.717) is 18.4 Å². The van der Waals surface area contributed by atoms with E-state index in [1.54, 1.807) is 24.3 Å². The average molecular weight is 254 g/mol. The fourth-order valence-corrected chi connectivity index (χ4v) is 3.60. The van der Waals surface area contributed by atoms with E-state index in [1.807, 2.05) is 6.92 Å². The fourth-order valence-electron chi connectivity index (χ4n) is 1.93. The number of rotatable bonds is 3. The van der Waals surface area contributed by atoms with Crippen molar-refractivity contribution in [1.82, 2.24) is 0 Å². The Balaban J connectivity index is 2.26. The maximum atomic E-state index is 11.8. The molecule has 0 amide bonds. The van der Waals surface area contributed by atoms with Crippen LogP contribution in [0, 0.1) is 0 Å². The molecule has 0 radical (unpaired) electrons. The normalized spacial score (nSPS) is 20.9. The highest BCUT2D eigenvalue weighted by Crippen LogP contribution is 2.35. The van der Waals surface area contributed by atoms with Crippen molar-refractivity contribution in [3.05, 3.63) is 29.8 Å². The lowest BCUT2D eigenvalue weighted by atomic mass is 10.1. The van der Waals surface area contributed by atoms with Crippen molar-refractivity contribution in [3.8, 4) is 0 Å². The van der Waals surface area contributed by atoms with Gasteiger partial charge in [-0.2, -0.15) is 0 Å². The van der Waals surface area contributed by atoms with Crippen LogP contribution < -0.4 is 0 Å². The van der Waals surface area contributed by atoms with E-state index in [2.05, 4.69) is 0 Å². The molecule has 0 fully saturated rings. The summed E-state index contributed by atoms with van der Waals surface area (Å²) in [5, 5.41) is 0. The van der Waals surface area contributed by atoms with Crippen molar-refractivity contribution in [2.24, 2.45) is 0 Å². The number of benzene rings is 1. The summed E-state index contributed by atoms with van der Waals surface area (Å²) in [4.78, 5) is 11.7. The minimum Gasteiger partial charge on any atom is -0.456 e. The van der Waals surface area contributed by atoms with Gasteiger partial charge in [0, 0.05) is 12.0 Å². The summed E-state index contributed by atoms with van der Waals surface area (Å²) in [7, 11) is -3.29. The van der Waals surface area contributed by atoms with Gasteiger partial charge in [-0.25, -0.2) is 8.42 Å². The highest BCUT2D eigenvalue weighted by Gasteiger charge is 2.36. The third-order valence-corrected chi connectivity index (χ3v) is 4.48. The van der Waals surface area contributed by atoms with E-state index in [4.69, 9.17) is 4.74 Å². The SMILES string of the molecule is CCCC(=O)OC1CS(=O)(=O)c2ccccc21. The average Bonchev–Trinajstić information content (AvgIpc) is 2.52. The van der Waals surface area contributed by atoms with E-state index in [0.717, 1.165) is 0 Å². The lowest BCUT2D eigenvalue weighted by molar-refractivity contribution is -0.148. The maximum absolute atomic E-state index is 11.8. The number of carbonyl (C=O) groups is 1. The second-order valence-electron chi connectivity index (χ2n) is 4.05. The van der Waals surface area contributed by atoms with E-state index >= 15 is 0 Å². The summed E-state index contributed by atoms with van der Waals surface area (Å²) >= 11 is 0.